The predicted molar refractivity (Wildman–Crippen MR) is 128 cm³/mol. The van der Waals surface area contributed by atoms with Gasteiger partial charge in [0, 0.05) is 29.0 Å². The molecule has 0 saturated heterocycles. The highest BCUT2D eigenvalue weighted by atomic mass is 35.5. The summed E-state index contributed by atoms with van der Waals surface area (Å²) in [6.45, 7) is 0.826. The summed E-state index contributed by atoms with van der Waals surface area (Å²) in [5.41, 5.74) is 2.96. The van der Waals surface area contributed by atoms with Crippen molar-refractivity contribution in [2.24, 2.45) is 0 Å². The quantitative estimate of drug-likeness (QED) is 0.312. The molecule has 0 bridgehead atoms. The van der Waals surface area contributed by atoms with Crippen LogP contribution in [0.3, 0.4) is 0 Å². The molecule has 0 atom stereocenters. The number of aromatic nitrogens is 2. The van der Waals surface area contributed by atoms with E-state index >= 15 is 0 Å². The molecule has 0 spiro atoms. The van der Waals surface area contributed by atoms with Gasteiger partial charge in [-0.05, 0) is 42.3 Å². The van der Waals surface area contributed by atoms with Gasteiger partial charge in [0.15, 0.2) is 0 Å². The highest BCUT2D eigenvalue weighted by Crippen LogP contribution is 2.29. The van der Waals surface area contributed by atoms with Gasteiger partial charge in [-0.25, -0.2) is 0 Å². The van der Waals surface area contributed by atoms with Crippen LogP contribution in [0.25, 0.3) is 22.5 Å². The summed E-state index contributed by atoms with van der Waals surface area (Å²) < 4.78 is 11.2. The van der Waals surface area contributed by atoms with Crippen molar-refractivity contribution in [1.29, 1.82) is 0 Å². The normalized spacial score (nSPS) is 10.7. The molecular formula is C26H24ClN3O3. The van der Waals surface area contributed by atoms with E-state index < -0.39 is 0 Å². The lowest BCUT2D eigenvalue weighted by molar-refractivity contribution is -0.121. The van der Waals surface area contributed by atoms with Gasteiger partial charge in [0.2, 0.25) is 17.6 Å². The van der Waals surface area contributed by atoms with Gasteiger partial charge in [-0.1, -0.05) is 65.3 Å². The fraction of sp³-hybridized carbons (Fsp3) is 0.192. The van der Waals surface area contributed by atoms with E-state index in [0.29, 0.717) is 49.2 Å². The summed E-state index contributed by atoms with van der Waals surface area (Å²) in [5, 5.41) is 7.53. The Morgan fingerprint density at radius 2 is 1.70 bits per heavy atom. The zero-order valence-electron chi connectivity index (χ0n) is 18.0. The van der Waals surface area contributed by atoms with Crippen LogP contribution < -0.4 is 10.1 Å². The number of hydrogen-bond acceptors (Lipinski definition) is 5. The molecule has 0 aliphatic carbocycles. The molecule has 0 aliphatic rings. The van der Waals surface area contributed by atoms with Gasteiger partial charge in [-0.15, -0.1) is 0 Å². The Morgan fingerprint density at radius 1 is 0.939 bits per heavy atom. The fourth-order valence-corrected chi connectivity index (χ4v) is 3.49. The number of aryl methyl sites for hydroxylation is 1. The molecule has 1 N–H and O–H groups in total. The number of amides is 1. The Hall–Kier alpha value is -3.64. The number of rotatable bonds is 10. The van der Waals surface area contributed by atoms with Crippen LogP contribution in [0.4, 0.5) is 0 Å². The molecule has 7 heteroatoms. The number of carbonyl (C=O) groups excluding carboxylic acids is 1. The number of benzene rings is 3. The summed E-state index contributed by atoms with van der Waals surface area (Å²) in [6.07, 6.45) is 1.53. The molecule has 4 rings (SSSR count). The summed E-state index contributed by atoms with van der Waals surface area (Å²) in [5.74, 6) is 1.78. The average Bonchev–Trinajstić information content (AvgIpc) is 3.32. The number of hydrogen-bond donors (Lipinski definition) is 1. The first-order valence-corrected chi connectivity index (χ1v) is 11.2. The number of halogens is 1. The van der Waals surface area contributed by atoms with Crippen LogP contribution >= 0.6 is 11.6 Å². The van der Waals surface area contributed by atoms with Crippen molar-refractivity contribution in [3.8, 4) is 28.3 Å². The third-order valence-corrected chi connectivity index (χ3v) is 5.27. The largest absolute Gasteiger partial charge is 0.491 e. The topological polar surface area (TPSA) is 77.2 Å². The Balaban J connectivity index is 1.17. The lowest BCUT2D eigenvalue weighted by Crippen LogP contribution is -2.28. The minimum atomic E-state index is -0.0348. The van der Waals surface area contributed by atoms with Gasteiger partial charge >= 0.3 is 0 Å². The molecule has 4 aromatic rings. The zero-order valence-corrected chi connectivity index (χ0v) is 18.8. The molecule has 1 amide bonds. The molecule has 0 aliphatic heterocycles. The van der Waals surface area contributed by atoms with Crippen molar-refractivity contribution in [1.82, 2.24) is 15.5 Å². The Kier molecular flexibility index (Phi) is 7.72. The molecule has 0 radical (unpaired) electrons. The first kappa shape index (κ1) is 22.6. The maximum atomic E-state index is 12.1. The Bertz CT molecular complexity index is 1180. The van der Waals surface area contributed by atoms with Crippen LogP contribution in [-0.4, -0.2) is 29.2 Å². The number of nitrogens with zero attached hydrogens (tertiary/aromatic N) is 2. The molecule has 0 unspecified atom stereocenters. The van der Waals surface area contributed by atoms with Crippen LogP contribution in [0.1, 0.15) is 18.7 Å². The van der Waals surface area contributed by atoms with Gasteiger partial charge in [0.1, 0.15) is 12.4 Å². The third-order valence-electron chi connectivity index (χ3n) is 5.02. The van der Waals surface area contributed by atoms with Gasteiger partial charge in [-0.3, -0.25) is 4.79 Å². The first-order chi connectivity index (χ1) is 16.2. The van der Waals surface area contributed by atoms with Gasteiger partial charge < -0.3 is 14.6 Å². The summed E-state index contributed by atoms with van der Waals surface area (Å²) in [7, 11) is 0. The lowest BCUT2D eigenvalue weighted by atomic mass is 10.1. The SMILES string of the molecule is O=C(CCCc1nc(-c2ccc(Cl)cc2)no1)NCCOc1ccccc1-c1ccccc1. The summed E-state index contributed by atoms with van der Waals surface area (Å²) in [4.78, 5) is 16.5. The number of ether oxygens (including phenoxy) is 1. The zero-order chi connectivity index (χ0) is 22.9. The van der Waals surface area contributed by atoms with Crippen LogP contribution in [-0.2, 0) is 11.2 Å². The molecule has 1 heterocycles. The van der Waals surface area contributed by atoms with Crippen molar-refractivity contribution in [2.75, 3.05) is 13.2 Å². The second-order valence-corrected chi connectivity index (χ2v) is 7.87. The molecule has 0 fully saturated rings. The second kappa shape index (κ2) is 11.3. The van der Waals surface area contributed by atoms with Gasteiger partial charge in [0.05, 0.1) is 6.54 Å². The minimum Gasteiger partial charge on any atom is -0.491 e. The molecule has 168 valence electrons. The monoisotopic (exact) mass is 461 g/mol. The van der Waals surface area contributed by atoms with E-state index in [1.54, 1.807) is 12.1 Å². The lowest BCUT2D eigenvalue weighted by Gasteiger charge is -2.12. The minimum absolute atomic E-state index is 0.0348. The van der Waals surface area contributed by atoms with Gasteiger partial charge in [-0.2, -0.15) is 4.98 Å². The Labute approximate surface area is 197 Å². The molecule has 33 heavy (non-hydrogen) atoms. The van der Waals surface area contributed by atoms with Crippen LogP contribution in [0.5, 0.6) is 5.75 Å². The molecule has 1 aromatic heterocycles. The van der Waals surface area contributed by atoms with Crippen molar-refractivity contribution >= 4 is 17.5 Å². The summed E-state index contributed by atoms with van der Waals surface area (Å²) in [6, 6.07) is 25.2. The number of nitrogens with one attached hydrogen (secondary N) is 1. The van der Waals surface area contributed by atoms with Crippen LogP contribution in [0.15, 0.2) is 83.4 Å². The van der Waals surface area contributed by atoms with Crippen LogP contribution in [0.2, 0.25) is 5.02 Å². The van der Waals surface area contributed by atoms with Gasteiger partial charge in [0.25, 0.3) is 0 Å². The molecule has 3 aromatic carbocycles. The summed E-state index contributed by atoms with van der Waals surface area (Å²) >= 11 is 5.90. The van der Waals surface area contributed by atoms with E-state index in [4.69, 9.17) is 20.9 Å². The highest BCUT2D eigenvalue weighted by Gasteiger charge is 2.10. The van der Waals surface area contributed by atoms with Crippen molar-refractivity contribution in [3.05, 3.63) is 89.8 Å². The standard InChI is InChI=1S/C26H24ClN3O3/c27-21-15-13-20(14-16-21)26-29-25(33-30-26)12-6-11-24(31)28-17-18-32-23-10-5-4-9-22(23)19-7-2-1-3-8-19/h1-5,7-10,13-16H,6,11-12,17-18H2,(H,28,31). The van der Waals surface area contributed by atoms with Crippen molar-refractivity contribution < 1.29 is 14.1 Å². The molecular weight excluding hydrogens is 438 g/mol. The third kappa shape index (κ3) is 6.43. The molecule has 0 saturated carbocycles. The second-order valence-electron chi connectivity index (χ2n) is 7.43. The van der Waals surface area contributed by atoms with Crippen molar-refractivity contribution in [2.45, 2.75) is 19.3 Å². The number of para-hydroxylation sites is 1. The maximum Gasteiger partial charge on any atom is 0.226 e. The van der Waals surface area contributed by atoms with Crippen LogP contribution in [0, 0.1) is 0 Å². The van der Waals surface area contributed by atoms with E-state index in [1.807, 2.05) is 66.7 Å². The first-order valence-electron chi connectivity index (χ1n) is 10.8. The highest BCUT2D eigenvalue weighted by molar-refractivity contribution is 6.30. The average molecular weight is 462 g/mol. The van der Waals surface area contributed by atoms with E-state index in [-0.39, 0.29) is 5.91 Å². The van der Waals surface area contributed by atoms with E-state index in [1.165, 1.54) is 0 Å². The predicted octanol–water partition coefficient (Wildman–Crippen LogP) is 5.57. The smallest absolute Gasteiger partial charge is 0.226 e. The maximum absolute atomic E-state index is 12.1. The van der Waals surface area contributed by atoms with E-state index in [9.17, 15) is 4.79 Å². The van der Waals surface area contributed by atoms with Crippen molar-refractivity contribution in [3.63, 3.8) is 0 Å². The van der Waals surface area contributed by atoms with E-state index in [0.717, 1.165) is 22.4 Å². The molecule has 6 nitrogen and oxygen atoms in total. The number of carbonyl (C=O) groups is 1. The fourth-order valence-electron chi connectivity index (χ4n) is 3.36. The van der Waals surface area contributed by atoms with E-state index in [2.05, 4.69) is 15.5 Å². The Morgan fingerprint density at radius 3 is 2.52 bits per heavy atom.